The molecule has 1 aliphatic rings. The van der Waals surface area contributed by atoms with Crippen LogP contribution < -0.4 is 4.74 Å². The molecule has 0 amide bonds. The van der Waals surface area contributed by atoms with Gasteiger partial charge in [-0.3, -0.25) is 0 Å². The Labute approximate surface area is 98.4 Å². The number of carboxylic acids is 1. The molecule has 1 aromatic carbocycles. The number of rotatable bonds is 1. The van der Waals surface area contributed by atoms with Crippen molar-refractivity contribution in [2.45, 2.75) is 26.0 Å². The number of hydrogen-bond acceptors (Lipinski definition) is 2. The molecular weight excluding hydrogens is 218 g/mol. The summed E-state index contributed by atoms with van der Waals surface area (Å²) in [6.45, 7) is 2.77. The van der Waals surface area contributed by atoms with E-state index in [0.29, 0.717) is 5.88 Å². The minimum Gasteiger partial charge on any atom is -0.477 e. The summed E-state index contributed by atoms with van der Waals surface area (Å²) in [5.74, 6) is -0.429. The summed E-state index contributed by atoms with van der Waals surface area (Å²) < 4.78 is 7.65. The zero-order chi connectivity index (χ0) is 12.0. The maximum atomic E-state index is 11.4. The Balaban J connectivity index is 2.36. The SMILES string of the molecule is CC1CCn2c(c(C(=O)O)c3ccccc32)O1. The van der Waals surface area contributed by atoms with Crippen LogP contribution in [0.3, 0.4) is 0 Å². The molecule has 0 saturated carbocycles. The second-order valence-corrected chi connectivity index (χ2v) is 4.37. The van der Waals surface area contributed by atoms with Gasteiger partial charge in [-0.05, 0) is 13.0 Å². The maximum Gasteiger partial charge on any atom is 0.341 e. The lowest BCUT2D eigenvalue weighted by Gasteiger charge is -2.23. The fourth-order valence-corrected chi connectivity index (χ4v) is 2.39. The molecule has 2 aromatic rings. The lowest BCUT2D eigenvalue weighted by atomic mass is 10.2. The van der Waals surface area contributed by atoms with Crippen molar-refractivity contribution in [1.29, 1.82) is 0 Å². The van der Waals surface area contributed by atoms with Crippen LogP contribution in [0.4, 0.5) is 0 Å². The summed E-state index contributed by atoms with van der Waals surface area (Å²) in [4.78, 5) is 11.4. The van der Waals surface area contributed by atoms with Gasteiger partial charge in [-0.2, -0.15) is 0 Å². The van der Waals surface area contributed by atoms with Crippen molar-refractivity contribution in [3.8, 4) is 5.88 Å². The topological polar surface area (TPSA) is 51.5 Å². The highest BCUT2D eigenvalue weighted by atomic mass is 16.5. The molecule has 1 N–H and O–H groups in total. The van der Waals surface area contributed by atoms with Gasteiger partial charge in [-0.15, -0.1) is 0 Å². The number of benzene rings is 1. The normalized spacial score (nSPS) is 18.8. The summed E-state index contributed by atoms with van der Waals surface area (Å²) in [6.07, 6.45) is 0.981. The second kappa shape index (κ2) is 3.52. The molecule has 1 aliphatic heterocycles. The molecule has 0 fully saturated rings. The van der Waals surface area contributed by atoms with Crippen LogP contribution in [-0.4, -0.2) is 21.7 Å². The van der Waals surface area contributed by atoms with Crippen LogP contribution in [0.5, 0.6) is 5.88 Å². The molecule has 4 heteroatoms. The van der Waals surface area contributed by atoms with Gasteiger partial charge >= 0.3 is 5.97 Å². The highest BCUT2D eigenvalue weighted by Crippen LogP contribution is 2.35. The second-order valence-electron chi connectivity index (χ2n) is 4.37. The molecule has 1 unspecified atom stereocenters. The summed E-state index contributed by atoms with van der Waals surface area (Å²) in [5.41, 5.74) is 1.22. The van der Waals surface area contributed by atoms with E-state index >= 15 is 0 Å². The van der Waals surface area contributed by atoms with Gasteiger partial charge in [-0.1, -0.05) is 18.2 Å². The number of aryl methyl sites for hydroxylation is 1. The molecule has 1 aromatic heterocycles. The monoisotopic (exact) mass is 231 g/mol. The average Bonchev–Trinajstić information content (AvgIpc) is 2.62. The van der Waals surface area contributed by atoms with E-state index in [0.717, 1.165) is 23.9 Å². The molecule has 0 bridgehead atoms. The van der Waals surface area contributed by atoms with Crippen LogP contribution >= 0.6 is 0 Å². The van der Waals surface area contributed by atoms with Crippen molar-refractivity contribution < 1.29 is 14.6 Å². The zero-order valence-electron chi connectivity index (χ0n) is 9.51. The number of carboxylic acid groups (broad SMARTS) is 1. The van der Waals surface area contributed by atoms with Crippen molar-refractivity contribution in [3.63, 3.8) is 0 Å². The number of hydrogen-bond donors (Lipinski definition) is 1. The van der Waals surface area contributed by atoms with Crippen molar-refractivity contribution >= 4 is 16.9 Å². The molecule has 0 saturated heterocycles. The van der Waals surface area contributed by atoms with E-state index in [1.165, 1.54) is 0 Å². The van der Waals surface area contributed by atoms with E-state index in [-0.39, 0.29) is 11.7 Å². The van der Waals surface area contributed by atoms with E-state index in [1.54, 1.807) is 0 Å². The third-order valence-corrected chi connectivity index (χ3v) is 3.21. The minimum atomic E-state index is -0.927. The molecule has 3 rings (SSSR count). The predicted molar refractivity (Wildman–Crippen MR) is 63.6 cm³/mol. The van der Waals surface area contributed by atoms with Crippen molar-refractivity contribution in [1.82, 2.24) is 4.57 Å². The fourth-order valence-electron chi connectivity index (χ4n) is 2.39. The first-order valence-corrected chi connectivity index (χ1v) is 5.69. The van der Waals surface area contributed by atoms with Gasteiger partial charge in [0.05, 0.1) is 11.6 Å². The Morgan fingerprint density at radius 2 is 2.24 bits per heavy atom. The van der Waals surface area contributed by atoms with E-state index in [9.17, 15) is 9.90 Å². The summed E-state index contributed by atoms with van der Waals surface area (Å²) in [7, 11) is 0. The lowest BCUT2D eigenvalue weighted by molar-refractivity contribution is 0.0686. The summed E-state index contributed by atoms with van der Waals surface area (Å²) in [6, 6.07) is 7.53. The Hall–Kier alpha value is -1.97. The van der Waals surface area contributed by atoms with Crippen molar-refractivity contribution in [2.24, 2.45) is 0 Å². The number of nitrogens with zero attached hydrogens (tertiary/aromatic N) is 1. The highest BCUT2D eigenvalue weighted by molar-refractivity contribution is 6.06. The number of ether oxygens (including phenoxy) is 1. The highest BCUT2D eigenvalue weighted by Gasteiger charge is 2.27. The molecule has 4 nitrogen and oxygen atoms in total. The number of fused-ring (bicyclic) bond motifs is 3. The summed E-state index contributed by atoms with van der Waals surface area (Å²) in [5, 5.41) is 10.1. The van der Waals surface area contributed by atoms with Gasteiger partial charge in [0.1, 0.15) is 5.56 Å². The molecule has 0 spiro atoms. The van der Waals surface area contributed by atoms with Gasteiger partial charge < -0.3 is 14.4 Å². The summed E-state index contributed by atoms with van der Waals surface area (Å²) >= 11 is 0. The maximum absolute atomic E-state index is 11.4. The van der Waals surface area contributed by atoms with Gasteiger partial charge in [0.15, 0.2) is 0 Å². The van der Waals surface area contributed by atoms with Crippen LogP contribution in [-0.2, 0) is 6.54 Å². The molecule has 88 valence electrons. The van der Waals surface area contributed by atoms with Gasteiger partial charge in [0.2, 0.25) is 5.88 Å². The Morgan fingerprint density at radius 1 is 1.47 bits per heavy atom. The first-order valence-electron chi connectivity index (χ1n) is 5.69. The van der Waals surface area contributed by atoms with E-state index < -0.39 is 5.97 Å². The first-order chi connectivity index (χ1) is 8.18. The largest absolute Gasteiger partial charge is 0.477 e. The van der Waals surface area contributed by atoms with Crippen LogP contribution in [0, 0.1) is 0 Å². The number of aromatic nitrogens is 1. The van der Waals surface area contributed by atoms with Crippen LogP contribution in [0.25, 0.3) is 10.9 Å². The third kappa shape index (κ3) is 1.40. The Morgan fingerprint density at radius 3 is 3.00 bits per heavy atom. The van der Waals surface area contributed by atoms with Crippen molar-refractivity contribution in [3.05, 3.63) is 29.8 Å². The van der Waals surface area contributed by atoms with E-state index in [4.69, 9.17) is 4.74 Å². The minimum absolute atomic E-state index is 0.0740. The average molecular weight is 231 g/mol. The van der Waals surface area contributed by atoms with Crippen molar-refractivity contribution in [2.75, 3.05) is 0 Å². The smallest absolute Gasteiger partial charge is 0.341 e. The molecule has 1 atom stereocenters. The van der Waals surface area contributed by atoms with Crippen LogP contribution in [0.1, 0.15) is 23.7 Å². The van der Waals surface area contributed by atoms with Gasteiger partial charge in [0, 0.05) is 18.4 Å². The van der Waals surface area contributed by atoms with Crippen LogP contribution in [0.15, 0.2) is 24.3 Å². The van der Waals surface area contributed by atoms with Gasteiger partial charge in [0.25, 0.3) is 0 Å². The lowest BCUT2D eigenvalue weighted by Crippen LogP contribution is -2.23. The first kappa shape index (κ1) is 10.2. The fraction of sp³-hybridized carbons (Fsp3) is 0.308. The quantitative estimate of drug-likeness (QED) is 0.820. The number of para-hydroxylation sites is 1. The van der Waals surface area contributed by atoms with Gasteiger partial charge in [-0.25, -0.2) is 4.79 Å². The Bertz CT molecular complexity index is 600. The zero-order valence-corrected chi connectivity index (χ0v) is 9.51. The molecule has 17 heavy (non-hydrogen) atoms. The van der Waals surface area contributed by atoms with E-state index in [2.05, 4.69) is 0 Å². The molecule has 2 heterocycles. The molecule has 0 aliphatic carbocycles. The van der Waals surface area contributed by atoms with Crippen LogP contribution in [0.2, 0.25) is 0 Å². The van der Waals surface area contributed by atoms with E-state index in [1.807, 2.05) is 35.8 Å². The predicted octanol–water partition coefficient (Wildman–Crippen LogP) is 2.51. The number of carbonyl (C=O) groups is 1. The Kier molecular flexibility index (Phi) is 2.11. The molecule has 0 radical (unpaired) electrons. The third-order valence-electron chi connectivity index (χ3n) is 3.21. The number of aromatic carboxylic acids is 1. The standard InChI is InChI=1S/C13H13NO3/c1-8-6-7-14-10-5-3-2-4-9(10)11(13(15)16)12(14)17-8/h2-5,8H,6-7H2,1H3,(H,15,16). The molecular formula is C13H13NO3.